The molecule has 2 amide bonds. The molecule has 202 valence electrons. The maximum atomic E-state index is 13.2. The van der Waals surface area contributed by atoms with Crippen molar-refractivity contribution in [2.45, 2.75) is 37.3 Å². The van der Waals surface area contributed by atoms with Crippen LogP contribution in [0, 0.1) is 0 Å². The molecule has 7 nitrogen and oxygen atoms in total. The maximum Gasteiger partial charge on any atom is 0.416 e. The Morgan fingerprint density at radius 3 is 2.44 bits per heavy atom. The molecule has 1 aromatic heterocycles. The molecule has 0 unspecified atom stereocenters. The van der Waals surface area contributed by atoms with E-state index in [1.54, 1.807) is 24.3 Å². The lowest BCUT2D eigenvalue weighted by Gasteiger charge is -2.13. The van der Waals surface area contributed by atoms with Crippen molar-refractivity contribution in [3.63, 3.8) is 0 Å². The molecule has 0 bridgehead atoms. The van der Waals surface area contributed by atoms with Crippen molar-refractivity contribution >= 4 is 40.2 Å². The highest BCUT2D eigenvalue weighted by molar-refractivity contribution is 7.99. The van der Waals surface area contributed by atoms with Crippen LogP contribution in [0.5, 0.6) is 0 Å². The Balaban J connectivity index is 1.42. The third-order valence-corrected chi connectivity index (χ3v) is 6.73. The van der Waals surface area contributed by atoms with E-state index in [9.17, 15) is 27.6 Å². The molecule has 4 aromatic rings. The van der Waals surface area contributed by atoms with Gasteiger partial charge in [0.05, 0.1) is 22.2 Å². The van der Waals surface area contributed by atoms with E-state index in [4.69, 9.17) is 0 Å². The van der Waals surface area contributed by atoms with Gasteiger partial charge in [-0.2, -0.15) is 13.2 Å². The minimum atomic E-state index is -4.53. The summed E-state index contributed by atoms with van der Waals surface area (Å²) in [4.78, 5) is 42.6. The highest BCUT2D eigenvalue weighted by atomic mass is 32.2. The summed E-state index contributed by atoms with van der Waals surface area (Å²) in [5, 5.41) is 5.99. The number of para-hydroxylation sites is 1. The molecule has 11 heteroatoms. The first-order valence-electron chi connectivity index (χ1n) is 12.1. The second kappa shape index (κ2) is 12.6. The van der Waals surface area contributed by atoms with Crippen LogP contribution in [-0.2, 0) is 28.9 Å². The number of fused-ring (bicyclic) bond motifs is 1. The summed E-state index contributed by atoms with van der Waals surface area (Å²) in [5.74, 6) is -0.887. The highest BCUT2D eigenvalue weighted by Gasteiger charge is 2.30. The van der Waals surface area contributed by atoms with Crippen molar-refractivity contribution in [2.24, 2.45) is 0 Å². The van der Waals surface area contributed by atoms with E-state index in [1.165, 1.54) is 16.7 Å². The number of nitrogens with zero attached hydrogens (tertiary/aromatic N) is 2. The third kappa shape index (κ3) is 7.70. The third-order valence-electron chi connectivity index (χ3n) is 5.75. The second-order valence-electron chi connectivity index (χ2n) is 8.65. The number of aromatic nitrogens is 2. The Hall–Kier alpha value is -4.12. The van der Waals surface area contributed by atoms with Crippen LogP contribution in [0.3, 0.4) is 0 Å². The zero-order valence-electron chi connectivity index (χ0n) is 20.7. The molecule has 39 heavy (non-hydrogen) atoms. The molecule has 2 N–H and O–H groups in total. The summed E-state index contributed by atoms with van der Waals surface area (Å²) in [5.41, 5.74) is 0.278. The molecule has 0 atom stereocenters. The summed E-state index contributed by atoms with van der Waals surface area (Å²) in [6.45, 7) is 0.603. The summed E-state index contributed by atoms with van der Waals surface area (Å²) in [7, 11) is 0. The van der Waals surface area contributed by atoms with Gasteiger partial charge in [0.25, 0.3) is 5.56 Å². The van der Waals surface area contributed by atoms with E-state index in [2.05, 4.69) is 15.6 Å². The van der Waals surface area contributed by atoms with Crippen LogP contribution < -0.4 is 16.2 Å². The summed E-state index contributed by atoms with van der Waals surface area (Å²) >= 11 is 0.997. The van der Waals surface area contributed by atoms with Crippen LogP contribution in [0.1, 0.15) is 24.0 Å². The van der Waals surface area contributed by atoms with Crippen molar-refractivity contribution in [1.82, 2.24) is 14.9 Å². The lowest BCUT2D eigenvalue weighted by molar-refractivity contribution is -0.137. The number of amides is 2. The number of anilines is 1. The predicted octanol–water partition coefficient (Wildman–Crippen LogP) is 5.24. The molecular formula is C28H25F3N4O3S. The molecule has 3 aromatic carbocycles. The average Bonchev–Trinajstić information content (AvgIpc) is 2.92. The zero-order valence-corrected chi connectivity index (χ0v) is 21.5. The molecule has 4 rings (SSSR count). The van der Waals surface area contributed by atoms with Crippen LogP contribution in [-0.4, -0.2) is 27.1 Å². The molecule has 0 aliphatic carbocycles. The Labute approximate surface area is 226 Å². The number of halogens is 3. The van der Waals surface area contributed by atoms with Gasteiger partial charge in [0.2, 0.25) is 11.8 Å². The van der Waals surface area contributed by atoms with Gasteiger partial charge in [-0.1, -0.05) is 60.3 Å². The first-order chi connectivity index (χ1) is 18.7. The number of alkyl halides is 3. The molecule has 0 saturated heterocycles. The van der Waals surface area contributed by atoms with Crippen molar-refractivity contribution in [3.05, 3.63) is 100 Å². The minimum absolute atomic E-state index is 0.0146. The van der Waals surface area contributed by atoms with E-state index >= 15 is 0 Å². The lowest BCUT2D eigenvalue weighted by Crippen LogP contribution is -2.26. The van der Waals surface area contributed by atoms with E-state index in [0.29, 0.717) is 23.9 Å². The molecule has 0 saturated carbocycles. The van der Waals surface area contributed by atoms with Gasteiger partial charge in [0.15, 0.2) is 5.16 Å². The van der Waals surface area contributed by atoms with Gasteiger partial charge in [0, 0.05) is 25.2 Å². The molecule has 1 heterocycles. The number of carbonyl (C=O) groups excluding carboxylic acids is 2. The van der Waals surface area contributed by atoms with E-state index in [1.807, 2.05) is 30.3 Å². The molecular weight excluding hydrogens is 529 g/mol. The number of hydrogen-bond acceptors (Lipinski definition) is 5. The molecule has 0 spiro atoms. The monoisotopic (exact) mass is 554 g/mol. The van der Waals surface area contributed by atoms with Crippen molar-refractivity contribution in [2.75, 3.05) is 11.1 Å². The number of benzene rings is 3. The number of hydrogen-bond donors (Lipinski definition) is 2. The van der Waals surface area contributed by atoms with Gasteiger partial charge in [-0.25, -0.2) is 4.98 Å². The maximum absolute atomic E-state index is 13.2. The smallest absolute Gasteiger partial charge is 0.352 e. The van der Waals surface area contributed by atoms with Crippen LogP contribution >= 0.6 is 11.8 Å². The van der Waals surface area contributed by atoms with Crippen LogP contribution in [0.4, 0.5) is 18.9 Å². The van der Waals surface area contributed by atoms with Gasteiger partial charge in [-0.3, -0.25) is 19.0 Å². The Bertz CT molecular complexity index is 1520. The van der Waals surface area contributed by atoms with E-state index < -0.39 is 17.6 Å². The molecule has 0 radical (unpaired) electrons. The fourth-order valence-electron chi connectivity index (χ4n) is 3.84. The Kier molecular flexibility index (Phi) is 9.03. The first kappa shape index (κ1) is 27.9. The van der Waals surface area contributed by atoms with Crippen molar-refractivity contribution < 1.29 is 22.8 Å². The number of rotatable bonds is 10. The van der Waals surface area contributed by atoms with Gasteiger partial charge in [-0.05, 0) is 42.3 Å². The first-order valence-corrected chi connectivity index (χ1v) is 13.1. The molecule has 0 aliphatic rings. The normalized spacial score (nSPS) is 11.4. The van der Waals surface area contributed by atoms with E-state index in [-0.39, 0.29) is 41.0 Å². The fraction of sp³-hybridized carbons (Fsp3) is 0.214. The average molecular weight is 555 g/mol. The SMILES string of the molecule is O=C(CCCn1c(SCC(=O)Nc2cccc(C(F)(F)F)c2)nc2ccccc2c1=O)NCc1ccccc1. The standard InChI is InChI=1S/C28H25F3N4O3S/c29-28(30,31)20-10-6-11-21(16-20)33-25(37)18-39-27-34-23-13-5-4-12-22(23)26(38)35(27)15-7-14-24(36)32-17-19-8-2-1-3-9-19/h1-6,8-13,16H,7,14-15,17-18H2,(H,32,36)(H,33,37). The van der Waals surface area contributed by atoms with E-state index in [0.717, 1.165) is 29.5 Å². The number of carbonyl (C=O) groups is 2. The van der Waals surface area contributed by atoms with Crippen molar-refractivity contribution in [1.29, 1.82) is 0 Å². The lowest BCUT2D eigenvalue weighted by atomic mass is 10.2. The van der Waals surface area contributed by atoms with Crippen LogP contribution in [0.25, 0.3) is 10.9 Å². The number of thioether (sulfide) groups is 1. The summed E-state index contributed by atoms with van der Waals surface area (Å²) in [6, 6.07) is 20.7. The van der Waals surface area contributed by atoms with Gasteiger partial charge < -0.3 is 10.6 Å². The number of nitrogens with one attached hydrogen (secondary N) is 2. The quantitative estimate of drug-likeness (QED) is 0.207. The highest BCUT2D eigenvalue weighted by Crippen LogP contribution is 2.30. The molecule has 0 fully saturated rings. The van der Waals surface area contributed by atoms with Crippen molar-refractivity contribution in [3.8, 4) is 0 Å². The summed E-state index contributed by atoms with van der Waals surface area (Å²) < 4.78 is 40.3. The second-order valence-corrected chi connectivity index (χ2v) is 9.59. The van der Waals surface area contributed by atoms with Gasteiger partial charge in [-0.15, -0.1) is 0 Å². The van der Waals surface area contributed by atoms with Gasteiger partial charge >= 0.3 is 6.18 Å². The molecule has 0 aliphatic heterocycles. The van der Waals surface area contributed by atoms with Gasteiger partial charge in [0.1, 0.15) is 0 Å². The van der Waals surface area contributed by atoms with Crippen LogP contribution in [0.15, 0.2) is 88.8 Å². The predicted molar refractivity (Wildman–Crippen MR) is 144 cm³/mol. The zero-order chi connectivity index (χ0) is 27.8. The minimum Gasteiger partial charge on any atom is -0.352 e. The fourth-order valence-corrected chi connectivity index (χ4v) is 4.66. The Morgan fingerprint density at radius 1 is 0.923 bits per heavy atom. The summed E-state index contributed by atoms with van der Waals surface area (Å²) in [6.07, 6.45) is -3.98. The van der Waals surface area contributed by atoms with Crippen LogP contribution in [0.2, 0.25) is 0 Å². The Morgan fingerprint density at radius 2 is 1.67 bits per heavy atom. The topological polar surface area (TPSA) is 93.1 Å². The largest absolute Gasteiger partial charge is 0.416 e.